The molecule has 0 radical (unpaired) electrons. The third-order valence-electron chi connectivity index (χ3n) is 4.17. The Hall–Kier alpha value is -1.82. The van der Waals surface area contributed by atoms with Crippen LogP contribution in [0, 0.1) is 11.7 Å². The van der Waals surface area contributed by atoms with Crippen molar-refractivity contribution in [3.8, 4) is 5.75 Å². The van der Waals surface area contributed by atoms with E-state index in [-0.39, 0.29) is 17.9 Å². The molecule has 1 unspecified atom stereocenters. The maximum atomic E-state index is 13.9. The van der Waals surface area contributed by atoms with Gasteiger partial charge in [0.2, 0.25) is 0 Å². The summed E-state index contributed by atoms with van der Waals surface area (Å²) in [5.41, 5.74) is 0.485. The molecule has 1 aliphatic heterocycles. The Labute approximate surface area is 136 Å². The summed E-state index contributed by atoms with van der Waals surface area (Å²) < 4.78 is 25.0. The minimum Gasteiger partial charge on any atom is -0.484 e. The van der Waals surface area contributed by atoms with Crippen molar-refractivity contribution >= 4 is 11.7 Å². The quantitative estimate of drug-likeness (QED) is 0.783. The van der Waals surface area contributed by atoms with Crippen molar-refractivity contribution < 1.29 is 18.7 Å². The Balaban J connectivity index is 1.63. The van der Waals surface area contributed by atoms with Gasteiger partial charge in [-0.1, -0.05) is 6.07 Å². The van der Waals surface area contributed by atoms with E-state index < -0.39 is 5.82 Å². The molecule has 0 spiro atoms. The van der Waals surface area contributed by atoms with Crippen LogP contribution in [0.25, 0.3) is 0 Å². The Morgan fingerprint density at radius 1 is 1.48 bits per heavy atom. The van der Waals surface area contributed by atoms with Crippen molar-refractivity contribution in [3.05, 3.63) is 24.0 Å². The van der Waals surface area contributed by atoms with E-state index in [1.807, 2.05) is 6.92 Å². The van der Waals surface area contributed by atoms with Gasteiger partial charge in [-0.25, -0.2) is 9.18 Å². The zero-order valence-corrected chi connectivity index (χ0v) is 13.6. The Kier molecular flexibility index (Phi) is 4.71. The second-order valence-electron chi connectivity index (χ2n) is 6.35. The summed E-state index contributed by atoms with van der Waals surface area (Å²) in [6.45, 7) is 4.05. The number of ether oxygens (including phenoxy) is 2. The van der Waals surface area contributed by atoms with E-state index in [9.17, 15) is 9.18 Å². The summed E-state index contributed by atoms with van der Waals surface area (Å²) >= 11 is 0. The van der Waals surface area contributed by atoms with Gasteiger partial charge in [0.1, 0.15) is 6.10 Å². The highest BCUT2D eigenvalue weighted by molar-refractivity contribution is 5.94. The molecule has 23 heavy (non-hydrogen) atoms. The number of carbonyl (C=O) groups excluding carboxylic acids is 1. The molecule has 1 aromatic carbocycles. The summed E-state index contributed by atoms with van der Waals surface area (Å²) in [4.78, 5) is 15.9. The molecule has 0 bridgehead atoms. The molecule has 0 saturated heterocycles. The smallest absolute Gasteiger partial charge is 0.324 e. The van der Waals surface area contributed by atoms with Crippen LogP contribution in [0.15, 0.2) is 18.2 Å². The summed E-state index contributed by atoms with van der Waals surface area (Å²) in [7, 11) is 1.74. The third-order valence-corrected chi connectivity index (χ3v) is 4.17. The first kappa shape index (κ1) is 16.1. The van der Waals surface area contributed by atoms with Crippen LogP contribution in [0.4, 0.5) is 14.9 Å². The fourth-order valence-electron chi connectivity index (χ4n) is 2.64. The summed E-state index contributed by atoms with van der Waals surface area (Å²) in [5, 5.41) is 0. The van der Waals surface area contributed by atoms with E-state index in [1.165, 1.54) is 18.9 Å². The first-order valence-corrected chi connectivity index (χ1v) is 8.12. The van der Waals surface area contributed by atoms with Crippen molar-refractivity contribution in [1.82, 2.24) is 4.90 Å². The summed E-state index contributed by atoms with van der Waals surface area (Å²) in [5.74, 6) is 0.422. The monoisotopic (exact) mass is 322 g/mol. The molecule has 3 rings (SSSR count). The molecule has 0 N–H and O–H groups in total. The number of rotatable bonds is 5. The van der Waals surface area contributed by atoms with Gasteiger partial charge in [-0.15, -0.1) is 0 Å². The number of likely N-dealkylation sites (N-methyl/N-ethyl adjacent to an activating group) is 1. The van der Waals surface area contributed by atoms with E-state index >= 15 is 0 Å². The minimum absolute atomic E-state index is 0.151. The lowest BCUT2D eigenvalue weighted by Gasteiger charge is -2.35. The molecule has 1 aliphatic carbocycles. The minimum atomic E-state index is -0.442. The molecule has 1 aromatic rings. The fraction of sp³-hybridized carbons (Fsp3) is 0.588. The molecule has 1 atom stereocenters. The molecule has 0 aromatic heterocycles. The van der Waals surface area contributed by atoms with Crippen molar-refractivity contribution in [2.75, 3.05) is 38.3 Å². The highest BCUT2D eigenvalue weighted by atomic mass is 19.1. The van der Waals surface area contributed by atoms with Gasteiger partial charge in [0.25, 0.3) is 0 Å². The number of urea groups is 1. The van der Waals surface area contributed by atoms with Crippen LogP contribution >= 0.6 is 0 Å². The standard InChI is InChI=1S/C17H23FN2O3/c1-12-10-20(15-5-3-4-14(18)16(15)23-12)17(21)19(2)8-9-22-11-13-6-7-13/h3-5,12-13H,6-11H2,1-2H3. The van der Waals surface area contributed by atoms with Gasteiger partial charge < -0.3 is 14.4 Å². The molecule has 1 saturated carbocycles. The van der Waals surface area contributed by atoms with Crippen molar-refractivity contribution in [2.24, 2.45) is 5.92 Å². The molecule has 1 heterocycles. The molecule has 1 fully saturated rings. The molecule has 5 nitrogen and oxygen atoms in total. The lowest BCUT2D eigenvalue weighted by molar-refractivity contribution is 0.108. The number of fused-ring (bicyclic) bond motifs is 1. The molecular formula is C17H23FN2O3. The Bertz CT molecular complexity index is 577. The first-order chi connectivity index (χ1) is 11.1. The van der Waals surface area contributed by atoms with E-state index in [4.69, 9.17) is 9.47 Å². The SMILES string of the molecule is CC1CN(C(=O)N(C)CCOCC2CC2)c2cccc(F)c2O1. The van der Waals surface area contributed by atoms with Crippen molar-refractivity contribution in [1.29, 1.82) is 0 Å². The number of hydrogen-bond acceptors (Lipinski definition) is 3. The topological polar surface area (TPSA) is 42.0 Å². The van der Waals surface area contributed by atoms with Gasteiger partial charge >= 0.3 is 6.03 Å². The van der Waals surface area contributed by atoms with Crippen LogP contribution in [0.5, 0.6) is 5.75 Å². The number of amides is 2. The van der Waals surface area contributed by atoms with Crippen LogP contribution < -0.4 is 9.64 Å². The number of para-hydroxylation sites is 1. The van der Waals surface area contributed by atoms with E-state index in [2.05, 4.69) is 0 Å². The molecule has 6 heteroatoms. The van der Waals surface area contributed by atoms with E-state index in [0.717, 1.165) is 6.61 Å². The molecule has 126 valence electrons. The van der Waals surface area contributed by atoms with Crippen LogP contribution in [0.1, 0.15) is 19.8 Å². The average Bonchev–Trinajstić information content (AvgIpc) is 3.35. The molecule has 2 amide bonds. The lowest BCUT2D eigenvalue weighted by Crippen LogP contribution is -2.48. The zero-order chi connectivity index (χ0) is 16.4. The molecular weight excluding hydrogens is 299 g/mol. The summed E-state index contributed by atoms with van der Waals surface area (Å²) in [6.07, 6.45) is 2.26. The number of halogens is 1. The number of nitrogens with zero attached hydrogens (tertiary/aromatic N) is 2. The normalized spacial score (nSPS) is 20.0. The maximum absolute atomic E-state index is 13.9. The fourth-order valence-corrected chi connectivity index (χ4v) is 2.64. The third kappa shape index (κ3) is 3.75. The van der Waals surface area contributed by atoms with Gasteiger partial charge in [-0.2, -0.15) is 0 Å². The van der Waals surface area contributed by atoms with Crippen LogP contribution in [0.3, 0.4) is 0 Å². The van der Waals surface area contributed by atoms with Gasteiger partial charge in [0.15, 0.2) is 11.6 Å². The highest BCUT2D eigenvalue weighted by Crippen LogP contribution is 2.36. The van der Waals surface area contributed by atoms with Gasteiger partial charge in [0.05, 0.1) is 18.8 Å². The Morgan fingerprint density at radius 3 is 3.00 bits per heavy atom. The lowest BCUT2D eigenvalue weighted by atomic mass is 10.2. The van der Waals surface area contributed by atoms with E-state index in [1.54, 1.807) is 29.0 Å². The van der Waals surface area contributed by atoms with Gasteiger partial charge in [-0.05, 0) is 37.8 Å². The van der Waals surface area contributed by atoms with Crippen LogP contribution in [-0.4, -0.2) is 50.4 Å². The second-order valence-corrected chi connectivity index (χ2v) is 6.35. The van der Waals surface area contributed by atoms with Crippen molar-refractivity contribution in [2.45, 2.75) is 25.9 Å². The van der Waals surface area contributed by atoms with Gasteiger partial charge in [0, 0.05) is 20.2 Å². The van der Waals surface area contributed by atoms with Crippen LogP contribution in [-0.2, 0) is 4.74 Å². The summed E-state index contributed by atoms with van der Waals surface area (Å²) in [6, 6.07) is 4.48. The largest absolute Gasteiger partial charge is 0.484 e. The number of hydrogen-bond donors (Lipinski definition) is 0. The van der Waals surface area contributed by atoms with E-state index in [0.29, 0.717) is 31.3 Å². The number of benzene rings is 1. The maximum Gasteiger partial charge on any atom is 0.324 e. The predicted molar refractivity (Wildman–Crippen MR) is 85.4 cm³/mol. The molecule has 2 aliphatic rings. The second kappa shape index (κ2) is 6.74. The average molecular weight is 322 g/mol. The number of anilines is 1. The highest BCUT2D eigenvalue weighted by Gasteiger charge is 2.31. The Morgan fingerprint density at radius 2 is 2.26 bits per heavy atom. The van der Waals surface area contributed by atoms with Gasteiger partial charge in [-0.3, -0.25) is 4.90 Å². The number of carbonyl (C=O) groups is 1. The predicted octanol–water partition coefficient (Wildman–Crippen LogP) is 2.89. The van der Waals surface area contributed by atoms with Crippen molar-refractivity contribution in [3.63, 3.8) is 0 Å². The van der Waals surface area contributed by atoms with Crippen LogP contribution in [0.2, 0.25) is 0 Å². The zero-order valence-electron chi connectivity index (χ0n) is 13.6. The first-order valence-electron chi connectivity index (χ1n) is 8.12.